The number of carboxylic acid groups (broad SMARTS) is 1. The van der Waals surface area contributed by atoms with Crippen molar-refractivity contribution in [3.8, 4) is 5.75 Å². The maximum Gasteiger partial charge on any atom is 0.315 e. The van der Waals surface area contributed by atoms with Crippen LogP contribution in [0, 0.1) is 5.41 Å². The summed E-state index contributed by atoms with van der Waals surface area (Å²) in [6.45, 7) is 0.582. The average Bonchev–Trinajstić information content (AvgIpc) is 3.09. The highest BCUT2D eigenvalue weighted by Crippen LogP contribution is 2.50. The lowest BCUT2D eigenvalue weighted by Gasteiger charge is -2.35. The standard InChI is InChI=1S/C21H22N2O4/c1-22(2)17-9-5-3-8-15(17)19(24)23-11-16-14-7-4-6-10-18(14)27-13-21(16,12-23)20(25)26/h3-10,16H,11-13H2,1-2H3,(H,25,26)/t16?,21-/m1/s1. The van der Waals surface area contributed by atoms with Crippen molar-refractivity contribution in [3.63, 3.8) is 0 Å². The van der Waals surface area contributed by atoms with E-state index in [-0.39, 0.29) is 25.0 Å². The van der Waals surface area contributed by atoms with Gasteiger partial charge in [0.15, 0.2) is 0 Å². The van der Waals surface area contributed by atoms with Crippen molar-refractivity contribution in [1.82, 2.24) is 4.90 Å². The van der Waals surface area contributed by atoms with Crippen LogP contribution in [0.25, 0.3) is 0 Å². The van der Waals surface area contributed by atoms with Gasteiger partial charge in [0.05, 0.1) is 5.56 Å². The molecule has 1 amide bonds. The van der Waals surface area contributed by atoms with Crippen molar-refractivity contribution in [2.75, 3.05) is 38.7 Å². The number of amides is 1. The summed E-state index contributed by atoms with van der Waals surface area (Å²) in [6.07, 6.45) is 0. The Balaban J connectivity index is 1.72. The summed E-state index contributed by atoms with van der Waals surface area (Å²) in [4.78, 5) is 29.0. The third-order valence-electron chi connectivity index (χ3n) is 5.65. The van der Waals surface area contributed by atoms with Gasteiger partial charge in [-0.2, -0.15) is 0 Å². The SMILES string of the molecule is CN(C)c1ccccc1C(=O)N1CC2c3ccccc3OC[C@]2(C(=O)O)C1. The van der Waals surface area contributed by atoms with Gasteiger partial charge in [0.2, 0.25) is 0 Å². The third-order valence-corrected chi connectivity index (χ3v) is 5.65. The van der Waals surface area contributed by atoms with Crippen molar-refractivity contribution < 1.29 is 19.4 Å². The second-order valence-electron chi connectivity index (χ2n) is 7.44. The molecule has 2 aromatic carbocycles. The maximum atomic E-state index is 13.3. The van der Waals surface area contributed by atoms with Crippen LogP contribution in [0.4, 0.5) is 5.69 Å². The quantitative estimate of drug-likeness (QED) is 0.904. The number of ether oxygens (including phenoxy) is 1. The lowest BCUT2D eigenvalue weighted by molar-refractivity contribution is -0.151. The third kappa shape index (κ3) is 2.63. The molecule has 2 aromatic rings. The van der Waals surface area contributed by atoms with Crippen LogP contribution in [0.15, 0.2) is 48.5 Å². The van der Waals surface area contributed by atoms with E-state index in [0.29, 0.717) is 17.9 Å². The first-order valence-electron chi connectivity index (χ1n) is 8.95. The molecule has 2 aliphatic heterocycles. The molecule has 0 radical (unpaired) electrons. The van der Waals surface area contributed by atoms with Crippen molar-refractivity contribution in [1.29, 1.82) is 0 Å². The number of carboxylic acids is 1. The van der Waals surface area contributed by atoms with Crippen molar-refractivity contribution >= 4 is 17.6 Å². The van der Waals surface area contributed by atoms with Gasteiger partial charge in [0, 0.05) is 44.4 Å². The largest absolute Gasteiger partial charge is 0.492 e. The first-order valence-corrected chi connectivity index (χ1v) is 8.95. The molecule has 6 heteroatoms. The Hall–Kier alpha value is -3.02. The number of carbonyl (C=O) groups is 2. The molecule has 2 heterocycles. The second kappa shape index (κ2) is 6.30. The molecule has 0 saturated carbocycles. The number of fused-ring (bicyclic) bond motifs is 3. The Morgan fingerprint density at radius 3 is 2.59 bits per heavy atom. The van der Waals surface area contributed by atoms with Crippen LogP contribution in [0.3, 0.4) is 0 Å². The molecule has 2 aliphatic rings. The molecule has 2 atom stereocenters. The van der Waals surface area contributed by atoms with Crippen LogP contribution in [-0.4, -0.2) is 55.7 Å². The number of para-hydroxylation sites is 2. The molecular weight excluding hydrogens is 344 g/mol. The van der Waals surface area contributed by atoms with Crippen LogP contribution in [-0.2, 0) is 4.79 Å². The van der Waals surface area contributed by atoms with E-state index >= 15 is 0 Å². The summed E-state index contributed by atoms with van der Waals surface area (Å²) in [5.74, 6) is -0.636. The fourth-order valence-electron chi connectivity index (χ4n) is 4.21. The highest BCUT2D eigenvalue weighted by Gasteiger charge is 2.57. The smallest absolute Gasteiger partial charge is 0.315 e. The first-order chi connectivity index (χ1) is 12.9. The topological polar surface area (TPSA) is 70.1 Å². The molecule has 0 spiro atoms. The number of hydrogen-bond acceptors (Lipinski definition) is 4. The number of benzene rings is 2. The Kier molecular flexibility index (Phi) is 4.06. The Bertz CT molecular complexity index is 911. The van der Waals surface area contributed by atoms with Gasteiger partial charge in [-0.05, 0) is 18.2 Å². The van der Waals surface area contributed by atoms with Gasteiger partial charge < -0.3 is 19.6 Å². The monoisotopic (exact) mass is 366 g/mol. The molecule has 1 fully saturated rings. The number of rotatable bonds is 3. The van der Waals surface area contributed by atoms with Gasteiger partial charge in [-0.25, -0.2) is 0 Å². The summed E-state index contributed by atoms with van der Waals surface area (Å²) >= 11 is 0. The van der Waals surface area contributed by atoms with Crippen LogP contribution in [0.1, 0.15) is 21.8 Å². The summed E-state index contributed by atoms with van der Waals surface area (Å²) in [7, 11) is 3.78. The summed E-state index contributed by atoms with van der Waals surface area (Å²) in [5, 5.41) is 10.0. The van der Waals surface area contributed by atoms with Crippen LogP contribution < -0.4 is 9.64 Å². The average molecular weight is 366 g/mol. The molecule has 0 aromatic heterocycles. The summed E-state index contributed by atoms with van der Waals surface area (Å²) < 4.78 is 5.77. The van der Waals surface area contributed by atoms with Crippen LogP contribution in [0.2, 0.25) is 0 Å². The van der Waals surface area contributed by atoms with Gasteiger partial charge in [-0.1, -0.05) is 30.3 Å². The molecule has 1 unspecified atom stereocenters. The minimum absolute atomic E-state index is 0.0725. The predicted octanol–water partition coefficient (Wildman–Crippen LogP) is 2.46. The molecule has 4 rings (SSSR count). The van der Waals surface area contributed by atoms with Crippen molar-refractivity contribution in [2.45, 2.75) is 5.92 Å². The van der Waals surface area contributed by atoms with Crippen LogP contribution in [0.5, 0.6) is 5.75 Å². The number of aliphatic carboxylic acids is 1. The van der Waals surface area contributed by atoms with E-state index in [4.69, 9.17) is 4.74 Å². The Morgan fingerprint density at radius 1 is 1.15 bits per heavy atom. The van der Waals surface area contributed by atoms with Gasteiger partial charge in [0.25, 0.3) is 5.91 Å². The van der Waals surface area contributed by atoms with E-state index in [1.807, 2.05) is 61.5 Å². The summed E-state index contributed by atoms with van der Waals surface area (Å²) in [5.41, 5.74) is 1.15. The molecule has 0 bridgehead atoms. The minimum Gasteiger partial charge on any atom is -0.492 e. The number of anilines is 1. The van der Waals surface area contributed by atoms with E-state index in [0.717, 1.165) is 11.3 Å². The second-order valence-corrected chi connectivity index (χ2v) is 7.44. The number of likely N-dealkylation sites (tertiary alicyclic amines) is 1. The zero-order chi connectivity index (χ0) is 19.2. The summed E-state index contributed by atoms with van der Waals surface area (Å²) in [6, 6.07) is 14.9. The van der Waals surface area contributed by atoms with E-state index in [1.165, 1.54) is 0 Å². The van der Waals surface area contributed by atoms with Gasteiger partial charge in [0.1, 0.15) is 17.8 Å². The zero-order valence-corrected chi connectivity index (χ0v) is 15.4. The number of carbonyl (C=O) groups excluding carboxylic acids is 1. The van der Waals surface area contributed by atoms with Crippen molar-refractivity contribution in [3.05, 3.63) is 59.7 Å². The minimum atomic E-state index is -1.11. The Morgan fingerprint density at radius 2 is 1.85 bits per heavy atom. The lowest BCUT2D eigenvalue weighted by Crippen LogP contribution is -2.46. The molecule has 27 heavy (non-hydrogen) atoms. The fraction of sp³-hybridized carbons (Fsp3) is 0.333. The van der Waals surface area contributed by atoms with E-state index < -0.39 is 11.4 Å². The highest BCUT2D eigenvalue weighted by molar-refractivity contribution is 6.00. The van der Waals surface area contributed by atoms with E-state index in [2.05, 4.69) is 0 Å². The van der Waals surface area contributed by atoms with Gasteiger partial charge in [-0.15, -0.1) is 0 Å². The molecule has 6 nitrogen and oxygen atoms in total. The molecule has 140 valence electrons. The fourth-order valence-corrected chi connectivity index (χ4v) is 4.21. The molecule has 0 aliphatic carbocycles. The van der Waals surface area contributed by atoms with E-state index in [9.17, 15) is 14.7 Å². The van der Waals surface area contributed by atoms with Crippen LogP contribution >= 0.6 is 0 Å². The molecular formula is C21H22N2O4. The van der Waals surface area contributed by atoms with Gasteiger partial charge in [-0.3, -0.25) is 9.59 Å². The normalized spacial score (nSPS) is 23.2. The Labute approximate surface area is 158 Å². The molecule has 1 N–H and O–H groups in total. The van der Waals surface area contributed by atoms with Gasteiger partial charge >= 0.3 is 5.97 Å². The maximum absolute atomic E-state index is 13.3. The predicted molar refractivity (Wildman–Crippen MR) is 101 cm³/mol. The highest BCUT2D eigenvalue weighted by atomic mass is 16.5. The lowest BCUT2D eigenvalue weighted by atomic mass is 9.73. The first kappa shape index (κ1) is 17.4. The zero-order valence-electron chi connectivity index (χ0n) is 15.4. The number of hydrogen-bond donors (Lipinski definition) is 1. The number of nitrogens with zero attached hydrogens (tertiary/aromatic N) is 2. The van der Waals surface area contributed by atoms with E-state index in [1.54, 1.807) is 11.0 Å². The van der Waals surface area contributed by atoms with Crippen molar-refractivity contribution in [2.24, 2.45) is 5.41 Å². The molecule has 1 saturated heterocycles.